The molecule has 1 fully saturated rings. The molecule has 0 atom stereocenters. The van der Waals surface area contributed by atoms with Crippen molar-refractivity contribution in [2.45, 2.75) is 6.54 Å². The topological polar surface area (TPSA) is 63.1 Å². The molecule has 1 N–H and O–H groups in total. The number of aromatic amines is 1. The molecule has 0 bridgehead atoms. The van der Waals surface area contributed by atoms with Gasteiger partial charge in [-0.1, -0.05) is 42.5 Å². The predicted octanol–water partition coefficient (Wildman–Crippen LogP) is 4.43. The second-order valence-electron chi connectivity index (χ2n) is 8.41. The number of hydrogen-bond donors (Lipinski definition) is 1. The number of H-pyrrole nitrogens is 1. The first-order valence-corrected chi connectivity index (χ1v) is 11.2. The van der Waals surface area contributed by atoms with E-state index in [1.54, 1.807) is 10.6 Å². The number of ether oxygens (including phenoxy) is 1. The fourth-order valence-electron chi connectivity index (χ4n) is 4.65. The summed E-state index contributed by atoms with van der Waals surface area (Å²) in [7, 11) is 0. The van der Waals surface area contributed by atoms with Gasteiger partial charge in [0.15, 0.2) is 0 Å². The lowest BCUT2D eigenvalue weighted by molar-refractivity contribution is 0.122. The molecule has 0 amide bonds. The highest BCUT2D eigenvalue weighted by Gasteiger charge is 2.15. The fraction of sp³-hybridized carbons (Fsp3) is 0.185. The molecule has 0 spiro atoms. The number of fused-ring (bicyclic) bond motifs is 2. The zero-order valence-electron chi connectivity index (χ0n) is 18.2. The van der Waals surface area contributed by atoms with Crippen LogP contribution in [0.2, 0.25) is 0 Å². The molecule has 1 aliphatic heterocycles. The van der Waals surface area contributed by atoms with E-state index in [4.69, 9.17) is 4.74 Å². The number of rotatable bonds is 4. The van der Waals surface area contributed by atoms with Crippen LogP contribution in [0, 0.1) is 0 Å². The number of anilines is 1. The highest BCUT2D eigenvalue weighted by Crippen LogP contribution is 2.30. The van der Waals surface area contributed by atoms with Crippen molar-refractivity contribution in [3.05, 3.63) is 95.2 Å². The first kappa shape index (κ1) is 19.8. The maximum atomic E-state index is 13.0. The molecule has 6 heteroatoms. The Morgan fingerprint density at radius 2 is 1.82 bits per heavy atom. The van der Waals surface area contributed by atoms with Gasteiger partial charge in [-0.15, -0.1) is 0 Å². The van der Waals surface area contributed by atoms with Gasteiger partial charge < -0.3 is 19.2 Å². The minimum absolute atomic E-state index is 0.0212. The molecule has 2 aromatic carbocycles. The zero-order valence-corrected chi connectivity index (χ0v) is 18.2. The van der Waals surface area contributed by atoms with E-state index in [9.17, 15) is 4.79 Å². The largest absolute Gasteiger partial charge is 0.378 e. The molecular formula is C27H24N4O2. The van der Waals surface area contributed by atoms with Gasteiger partial charge in [0.1, 0.15) is 5.65 Å². The van der Waals surface area contributed by atoms with Crippen LogP contribution in [0.1, 0.15) is 5.56 Å². The first-order valence-electron chi connectivity index (χ1n) is 11.2. The molecule has 164 valence electrons. The number of aromatic nitrogens is 3. The van der Waals surface area contributed by atoms with E-state index in [0.717, 1.165) is 59.7 Å². The van der Waals surface area contributed by atoms with Crippen LogP contribution in [-0.4, -0.2) is 40.8 Å². The highest BCUT2D eigenvalue weighted by molar-refractivity contribution is 5.95. The Bertz CT molecular complexity index is 1510. The molecule has 4 heterocycles. The van der Waals surface area contributed by atoms with Crippen LogP contribution in [0.4, 0.5) is 5.69 Å². The normalized spacial score (nSPS) is 14.2. The number of hydrogen-bond acceptors (Lipinski definition) is 4. The van der Waals surface area contributed by atoms with Crippen LogP contribution in [0.25, 0.3) is 32.9 Å². The van der Waals surface area contributed by atoms with Crippen molar-refractivity contribution in [1.29, 1.82) is 0 Å². The first-order chi connectivity index (χ1) is 16.3. The molecule has 6 rings (SSSR count). The van der Waals surface area contributed by atoms with Gasteiger partial charge in [-0.2, -0.15) is 0 Å². The molecule has 0 radical (unpaired) electrons. The molecule has 6 nitrogen and oxygen atoms in total. The standard InChI is InChI=1S/C27H24N4O2/c32-26-14-20(8-9-31(26)18-21-6-3-5-19-4-1-2-7-23(19)21)25-17-29-27-24(25)15-22(16-28-27)30-10-12-33-13-11-30/h1-9,14-17H,10-13,18H2,(H,28,29). The van der Waals surface area contributed by atoms with Crippen LogP contribution >= 0.6 is 0 Å². The molecule has 0 unspecified atom stereocenters. The van der Waals surface area contributed by atoms with Gasteiger partial charge in [-0.25, -0.2) is 4.98 Å². The van der Waals surface area contributed by atoms with Gasteiger partial charge >= 0.3 is 0 Å². The summed E-state index contributed by atoms with van der Waals surface area (Å²) in [6.45, 7) is 3.71. The van der Waals surface area contributed by atoms with Crippen molar-refractivity contribution in [2.75, 3.05) is 31.2 Å². The van der Waals surface area contributed by atoms with Crippen molar-refractivity contribution < 1.29 is 4.74 Å². The molecule has 33 heavy (non-hydrogen) atoms. The second kappa shape index (κ2) is 8.22. The van der Waals surface area contributed by atoms with Crippen LogP contribution in [0.5, 0.6) is 0 Å². The maximum Gasteiger partial charge on any atom is 0.251 e. The van der Waals surface area contributed by atoms with E-state index in [2.05, 4.69) is 45.2 Å². The van der Waals surface area contributed by atoms with E-state index >= 15 is 0 Å². The Balaban J connectivity index is 1.34. The summed E-state index contributed by atoms with van der Waals surface area (Å²) in [6.07, 6.45) is 5.72. The summed E-state index contributed by atoms with van der Waals surface area (Å²) in [4.78, 5) is 23.2. The summed E-state index contributed by atoms with van der Waals surface area (Å²) >= 11 is 0. The Morgan fingerprint density at radius 1 is 0.970 bits per heavy atom. The zero-order chi connectivity index (χ0) is 22.2. The number of nitrogens with zero attached hydrogens (tertiary/aromatic N) is 3. The van der Waals surface area contributed by atoms with Crippen LogP contribution in [0.15, 0.2) is 84.0 Å². The third kappa shape index (κ3) is 3.68. The average molecular weight is 437 g/mol. The lowest BCUT2D eigenvalue weighted by Gasteiger charge is -2.28. The summed E-state index contributed by atoms with van der Waals surface area (Å²) in [5.74, 6) is 0. The third-order valence-electron chi connectivity index (χ3n) is 6.42. The second-order valence-corrected chi connectivity index (χ2v) is 8.41. The van der Waals surface area contributed by atoms with Gasteiger partial charge in [-0.3, -0.25) is 4.79 Å². The number of benzene rings is 2. The minimum Gasteiger partial charge on any atom is -0.378 e. The summed E-state index contributed by atoms with van der Waals surface area (Å²) in [5, 5.41) is 3.38. The molecular weight excluding hydrogens is 412 g/mol. The van der Waals surface area contributed by atoms with Crippen molar-refractivity contribution in [2.24, 2.45) is 0 Å². The lowest BCUT2D eigenvalue weighted by Crippen LogP contribution is -2.36. The van der Waals surface area contributed by atoms with Crippen LogP contribution in [0.3, 0.4) is 0 Å². The predicted molar refractivity (Wildman–Crippen MR) is 132 cm³/mol. The minimum atomic E-state index is -0.0212. The fourth-order valence-corrected chi connectivity index (χ4v) is 4.65. The Morgan fingerprint density at radius 3 is 2.70 bits per heavy atom. The van der Waals surface area contributed by atoms with Crippen molar-refractivity contribution >= 4 is 27.5 Å². The SMILES string of the molecule is O=c1cc(-c2c[nH]c3ncc(N4CCOCC4)cc23)ccn1Cc1cccc2ccccc12. The molecule has 1 saturated heterocycles. The summed E-state index contributed by atoms with van der Waals surface area (Å²) < 4.78 is 7.23. The highest BCUT2D eigenvalue weighted by atomic mass is 16.5. The van der Waals surface area contributed by atoms with E-state index in [1.807, 2.05) is 42.9 Å². The van der Waals surface area contributed by atoms with Crippen molar-refractivity contribution in [3.8, 4) is 11.1 Å². The monoisotopic (exact) mass is 436 g/mol. The number of morpholine rings is 1. The van der Waals surface area contributed by atoms with E-state index in [0.29, 0.717) is 6.54 Å². The number of nitrogens with one attached hydrogen (secondary N) is 1. The van der Waals surface area contributed by atoms with E-state index in [-0.39, 0.29) is 5.56 Å². The van der Waals surface area contributed by atoms with Gasteiger partial charge in [0.05, 0.1) is 31.6 Å². The Hall–Kier alpha value is -3.90. The summed E-state index contributed by atoms with van der Waals surface area (Å²) in [6, 6.07) is 20.4. The maximum absolute atomic E-state index is 13.0. The number of pyridine rings is 2. The van der Waals surface area contributed by atoms with E-state index in [1.165, 1.54) is 10.8 Å². The molecule has 3 aromatic heterocycles. The van der Waals surface area contributed by atoms with Gasteiger partial charge in [-0.05, 0) is 34.0 Å². The quantitative estimate of drug-likeness (QED) is 0.453. The van der Waals surface area contributed by atoms with Crippen molar-refractivity contribution in [1.82, 2.24) is 14.5 Å². The van der Waals surface area contributed by atoms with Gasteiger partial charge in [0, 0.05) is 42.5 Å². The molecule has 5 aromatic rings. The van der Waals surface area contributed by atoms with Gasteiger partial charge in [0.25, 0.3) is 5.56 Å². The van der Waals surface area contributed by atoms with Crippen molar-refractivity contribution in [3.63, 3.8) is 0 Å². The van der Waals surface area contributed by atoms with Crippen LogP contribution in [-0.2, 0) is 11.3 Å². The average Bonchev–Trinajstić information content (AvgIpc) is 3.29. The van der Waals surface area contributed by atoms with Crippen LogP contribution < -0.4 is 10.5 Å². The van der Waals surface area contributed by atoms with E-state index < -0.39 is 0 Å². The van der Waals surface area contributed by atoms with Gasteiger partial charge in [0.2, 0.25) is 0 Å². The summed E-state index contributed by atoms with van der Waals surface area (Å²) in [5.41, 5.74) is 4.89. The Kier molecular flexibility index (Phi) is 4.92. The molecule has 0 aliphatic carbocycles. The molecule has 0 saturated carbocycles. The smallest absolute Gasteiger partial charge is 0.251 e. The molecule has 1 aliphatic rings. The lowest BCUT2D eigenvalue weighted by atomic mass is 10.0. The third-order valence-corrected chi connectivity index (χ3v) is 6.42. The Labute approximate surface area is 191 Å².